The van der Waals surface area contributed by atoms with Gasteiger partial charge in [-0.25, -0.2) is 0 Å². The molecule has 2 rings (SSSR count). The van der Waals surface area contributed by atoms with Crippen LogP contribution in [0, 0.1) is 0 Å². The van der Waals surface area contributed by atoms with Crippen LogP contribution < -0.4 is 10.1 Å². The van der Waals surface area contributed by atoms with Crippen LogP contribution in [0.5, 0.6) is 5.75 Å². The van der Waals surface area contributed by atoms with E-state index >= 15 is 0 Å². The molecule has 0 spiro atoms. The van der Waals surface area contributed by atoms with Crippen molar-refractivity contribution in [3.63, 3.8) is 0 Å². The standard InChI is InChI=1S/C16H25NO3/c1-16(2)9-13-8-12(4-5-15(13)20-16)10-17-7-6-14(18)11-19-3/h4-5,8,14,17-18H,6-7,9-11H2,1-3H3. The number of nitrogens with one attached hydrogen (secondary N) is 1. The van der Waals surface area contributed by atoms with E-state index in [4.69, 9.17) is 9.47 Å². The Balaban J connectivity index is 1.78. The van der Waals surface area contributed by atoms with Crippen LogP contribution in [0.4, 0.5) is 0 Å². The van der Waals surface area contributed by atoms with Crippen LogP contribution in [0.2, 0.25) is 0 Å². The molecule has 1 aromatic carbocycles. The van der Waals surface area contributed by atoms with Crippen molar-refractivity contribution in [3.05, 3.63) is 29.3 Å². The maximum atomic E-state index is 9.55. The quantitative estimate of drug-likeness (QED) is 0.748. The number of aliphatic hydroxyl groups is 1. The third kappa shape index (κ3) is 4.20. The van der Waals surface area contributed by atoms with Crippen LogP contribution in [0.25, 0.3) is 0 Å². The number of benzene rings is 1. The van der Waals surface area contributed by atoms with Crippen molar-refractivity contribution in [3.8, 4) is 5.75 Å². The largest absolute Gasteiger partial charge is 0.487 e. The minimum Gasteiger partial charge on any atom is -0.487 e. The molecular weight excluding hydrogens is 254 g/mol. The normalized spacial score (nSPS) is 17.6. The summed E-state index contributed by atoms with van der Waals surface area (Å²) in [5.41, 5.74) is 2.46. The van der Waals surface area contributed by atoms with E-state index in [1.54, 1.807) is 7.11 Å². The van der Waals surface area contributed by atoms with Gasteiger partial charge in [0.2, 0.25) is 0 Å². The minimum atomic E-state index is -0.387. The first-order chi connectivity index (χ1) is 9.50. The summed E-state index contributed by atoms with van der Waals surface area (Å²) in [4.78, 5) is 0. The van der Waals surface area contributed by atoms with Crippen LogP contribution in [0.3, 0.4) is 0 Å². The third-order valence-corrected chi connectivity index (χ3v) is 3.47. The highest BCUT2D eigenvalue weighted by molar-refractivity contribution is 5.41. The molecule has 1 unspecified atom stereocenters. The highest BCUT2D eigenvalue weighted by Gasteiger charge is 2.29. The van der Waals surface area contributed by atoms with Gasteiger partial charge in [-0.15, -0.1) is 0 Å². The van der Waals surface area contributed by atoms with Crippen molar-refractivity contribution >= 4 is 0 Å². The molecule has 1 atom stereocenters. The molecule has 0 fully saturated rings. The molecular formula is C16H25NO3. The fraction of sp³-hybridized carbons (Fsp3) is 0.625. The zero-order valence-corrected chi connectivity index (χ0v) is 12.6. The number of hydrogen-bond donors (Lipinski definition) is 2. The molecule has 0 bridgehead atoms. The van der Waals surface area contributed by atoms with Gasteiger partial charge in [0.1, 0.15) is 11.4 Å². The number of aliphatic hydroxyl groups excluding tert-OH is 1. The van der Waals surface area contributed by atoms with E-state index in [0.717, 1.165) is 25.3 Å². The van der Waals surface area contributed by atoms with Crippen LogP contribution in [0.1, 0.15) is 31.4 Å². The van der Waals surface area contributed by atoms with Gasteiger partial charge in [0.25, 0.3) is 0 Å². The summed E-state index contributed by atoms with van der Waals surface area (Å²) in [7, 11) is 1.60. The van der Waals surface area contributed by atoms with Gasteiger partial charge in [-0.2, -0.15) is 0 Å². The average Bonchev–Trinajstić information content (AvgIpc) is 2.68. The molecule has 0 aliphatic carbocycles. The minimum absolute atomic E-state index is 0.0847. The predicted molar refractivity (Wildman–Crippen MR) is 79.1 cm³/mol. The average molecular weight is 279 g/mol. The maximum absolute atomic E-state index is 9.55. The van der Waals surface area contributed by atoms with Gasteiger partial charge in [0, 0.05) is 20.1 Å². The Morgan fingerprint density at radius 2 is 2.25 bits per heavy atom. The Bertz CT molecular complexity index is 445. The van der Waals surface area contributed by atoms with Gasteiger partial charge >= 0.3 is 0 Å². The maximum Gasteiger partial charge on any atom is 0.123 e. The van der Waals surface area contributed by atoms with Gasteiger partial charge < -0.3 is 19.9 Å². The number of rotatable bonds is 7. The summed E-state index contributed by atoms with van der Waals surface area (Å²) < 4.78 is 10.8. The van der Waals surface area contributed by atoms with Gasteiger partial charge in [0.15, 0.2) is 0 Å². The summed E-state index contributed by atoms with van der Waals surface area (Å²) in [6.45, 7) is 6.22. The number of hydrogen-bond acceptors (Lipinski definition) is 4. The second-order valence-electron chi connectivity index (χ2n) is 6.06. The number of ether oxygens (including phenoxy) is 2. The molecule has 4 nitrogen and oxygen atoms in total. The molecule has 1 aliphatic heterocycles. The first-order valence-electron chi connectivity index (χ1n) is 7.19. The van der Waals surface area contributed by atoms with Crippen molar-refractivity contribution in [1.29, 1.82) is 0 Å². The molecule has 0 saturated carbocycles. The van der Waals surface area contributed by atoms with Gasteiger partial charge in [-0.3, -0.25) is 0 Å². The molecule has 4 heteroatoms. The Hall–Kier alpha value is -1.10. The summed E-state index contributed by atoms with van der Waals surface area (Å²) in [5, 5.41) is 12.9. The Labute approximate surface area is 121 Å². The smallest absolute Gasteiger partial charge is 0.123 e. The van der Waals surface area contributed by atoms with E-state index in [-0.39, 0.29) is 11.7 Å². The SMILES string of the molecule is COCC(O)CCNCc1ccc2c(c1)CC(C)(C)O2. The van der Waals surface area contributed by atoms with Gasteiger partial charge in [0.05, 0.1) is 12.7 Å². The molecule has 0 amide bonds. The molecule has 112 valence electrons. The molecule has 0 saturated heterocycles. The van der Waals surface area contributed by atoms with Crippen molar-refractivity contribution < 1.29 is 14.6 Å². The first-order valence-corrected chi connectivity index (χ1v) is 7.19. The molecule has 1 aromatic rings. The molecule has 0 radical (unpaired) electrons. The van der Waals surface area contributed by atoms with Crippen LogP contribution in [0.15, 0.2) is 18.2 Å². The number of fused-ring (bicyclic) bond motifs is 1. The number of methoxy groups -OCH3 is 1. The van der Waals surface area contributed by atoms with E-state index in [9.17, 15) is 5.11 Å². The Kier molecular flexibility index (Phi) is 5.02. The second kappa shape index (κ2) is 6.57. The summed E-state index contributed by atoms with van der Waals surface area (Å²) in [5.74, 6) is 1.01. The lowest BCUT2D eigenvalue weighted by Gasteiger charge is -2.16. The van der Waals surface area contributed by atoms with Crippen molar-refractivity contribution in [2.45, 2.75) is 44.9 Å². The van der Waals surface area contributed by atoms with Crippen LogP contribution in [-0.4, -0.2) is 37.1 Å². The summed E-state index contributed by atoms with van der Waals surface area (Å²) >= 11 is 0. The van der Waals surface area contributed by atoms with Crippen LogP contribution >= 0.6 is 0 Å². The lowest BCUT2D eigenvalue weighted by Crippen LogP contribution is -2.24. The molecule has 2 N–H and O–H groups in total. The summed E-state index contributed by atoms with van der Waals surface area (Å²) in [6, 6.07) is 6.36. The predicted octanol–water partition coefficient (Wildman–Crippen LogP) is 1.89. The van der Waals surface area contributed by atoms with E-state index < -0.39 is 0 Å². The lowest BCUT2D eigenvalue weighted by molar-refractivity contribution is 0.0594. The second-order valence-corrected chi connectivity index (χ2v) is 6.06. The highest BCUT2D eigenvalue weighted by atomic mass is 16.5. The molecule has 0 aromatic heterocycles. The fourth-order valence-corrected chi connectivity index (χ4v) is 2.55. The van der Waals surface area contributed by atoms with Crippen LogP contribution in [-0.2, 0) is 17.7 Å². The third-order valence-electron chi connectivity index (χ3n) is 3.47. The molecule has 20 heavy (non-hydrogen) atoms. The zero-order valence-electron chi connectivity index (χ0n) is 12.6. The van der Waals surface area contributed by atoms with E-state index in [1.165, 1.54) is 11.1 Å². The molecule has 1 heterocycles. The Morgan fingerprint density at radius 3 is 3.00 bits per heavy atom. The lowest BCUT2D eigenvalue weighted by atomic mass is 10.0. The van der Waals surface area contributed by atoms with E-state index in [0.29, 0.717) is 13.0 Å². The fourth-order valence-electron chi connectivity index (χ4n) is 2.55. The molecule has 1 aliphatic rings. The van der Waals surface area contributed by atoms with Gasteiger partial charge in [-0.05, 0) is 44.0 Å². The van der Waals surface area contributed by atoms with Crippen molar-refractivity contribution in [2.75, 3.05) is 20.3 Å². The Morgan fingerprint density at radius 1 is 1.45 bits per heavy atom. The zero-order chi connectivity index (χ0) is 14.6. The van der Waals surface area contributed by atoms with Crippen molar-refractivity contribution in [1.82, 2.24) is 5.32 Å². The van der Waals surface area contributed by atoms with Crippen molar-refractivity contribution in [2.24, 2.45) is 0 Å². The topological polar surface area (TPSA) is 50.7 Å². The first kappa shape index (κ1) is 15.3. The van der Waals surface area contributed by atoms with Gasteiger partial charge in [-0.1, -0.05) is 12.1 Å². The summed E-state index contributed by atoms with van der Waals surface area (Å²) in [6.07, 6.45) is 1.28. The highest BCUT2D eigenvalue weighted by Crippen LogP contribution is 2.35. The monoisotopic (exact) mass is 279 g/mol. The van der Waals surface area contributed by atoms with E-state index in [2.05, 4.69) is 37.4 Å². The van der Waals surface area contributed by atoms with E-state index in [1.807, 2.05) is 0 Å².